The van der Waals surface area contributed by atoms with Crippen molar-refractivity contribution < 1.29 is 14.3 Å². The summed E-state index contributed by atoms with van der Waals surface area (Å²) in [7, 11) is 0. The van der Waals surface area contributed by atoms with E-state index in [9.17, 15) is 9.59 Å². The zero-order valence-electron chi connectivity index (χ0n) is 13.9. The molecule has 2 aromatic rings. The number of carbonyl (C=O) groups is 2. The summed E-state index contributed by atoms with van der Waals surface area (Å²) in [5.74, 6) is -0.621. The highest BCUT2D eigenvalue weighted by Gasteiger charge is 2.21. The van der Waals surface area contributed by atoms with E-state index in [0.717, 1.165) is 36.2 Å². The fraction of sp³-hybridized carbons (Fsp3) is 0.333. The number of aryl methyl sites for hydroxylation is 1. The number of esters is 1. The van der Waals surface area contributed by atoms with Gasteiger partial charge in [0.15, 0.2) is 5.01 Å². The topological polar surface area (TPSA) is 81.2 Å². The Morgan fingerprint density at radius 1 is 1.24 bits per heavy atom. The molecule has 0 saturated heterocycles. The number of amides is 1. The summed E-state index contributed by atoms with van der Waals surface area (Å²) in [5, 5.41) is 11.3. The highest BCUT2D eigenvalue weighted by Crippen LogP contribution is 2.21. The minimum Gasteiger partial charge on any atom is -0.458 e. The van der Waals surface area contributed by atoms with Crippen molar-refractivity contribution in [3.63, 3.8) is 0 Å². The van der Waals surface area contributed by atoms with Crippen molar-refractivity contribution in [2.45, 2.75) is 32.8 Å². The summed E-state index contributed by atoms with van der Waals surface area (Å²) in [6, 6.07) is 7.49. The molecule has 25 heavy (non-hydrogen) atoms. The minimum atomic E-state index is -0.323. The maximum Gasteiger partial charge on any atom is 0.309 e. The van der Waals surface area contributed by atoms with Crippen LogP contribution in [0.25, 0.3) is 0 Å². The number of allylic oxidation sites excluding steroid dienone is 2. The molecule has 1 aromatic carbocycles. The van der Waals surface area contributed by atoms with Gasteiger partial charge in [-0.05, 0) is 38.3 Å². The zero-order valence-corrected chi connectivity index (χ0v) is 14.7. The van der Waals surface area contributed by atoms with Crippen molar-refractivity contribution in [1.82, 2.24) is 10.2 Å². The van der Waals surface area contributed by atoms with E-state index in [1.165, 1.54) is 0 Å². The number of nitrogens with one attached hydrogen (secondary N) is 1. The Bertz CT molecular complexity index is 783. The number of nitrogens with zero attached hydrogens (tertiary/aromatic N) is 2. The molecule has 6 nitrogen and oxygen atoms in total. The summed E-state index contributed by atoms with van der Waals surface area (Å²) in [6.45, 7) is 2.03. The van der Waals surface area contributed by atoms with Gasteiger partial charge in [-0.15, -0.1) is 10.2 Å². The van der Waals surface area contributed by atoms with E-state index >= 15 is 0 Å². The number of hydrogen-bond acceptors (Lipinski definition) is 6. The van der Waals surface area contributed by atoms with Crippen LogP contribution in [0.15, 0.2) is 36.4 Å². The standard InChI is InChI=1S/C18H19N3O3S/c1-12-7-9-14(10-8-12)19-16(22)17-21-20-15(25-17)11-24-18(23)13-5-3-2-4-6-13/h2-3,7-10,13H,4-6,11H2,1H3,(H,19,22). The molecule has 1 heterocycles. The summed E-state index contributed by atoms with van der Waals surface area (Å²) >= 11 is 1.13. The maximum absolute atomic E-state index is 12.2. The lowest BCUT2D eigenvalue weighted by Crippen LogP contribution is -2.18. The van der Waals surface area contributed by atoms with E-state index in [0.29, 0.717) is 10.7 Å². The predicted molar refractivity (Wildman–Crippen MR) is 95.3 cm³/mol. The van der Waals surface area contributed by atoms with Crippen LogP contribution in [0, 0.1) is 12.8 Å². The lowest BCUT2D eigenvalue weighted by Gasteiger charge is -2.15. The number of rotatable bonds is 5. The van der Waals surface area contributed by atoms with Gasteiger partial charge in [0.1, 0.15) is 6.61 Å². The van der Waals surface area contributed by atoms with Crippen LogP contribution in [-0.2, 0) is 16.1 Å². The molecule has 1 aliphatic rings. The SMILES string of the molecule is Cc1ccc(NC(=O)c2nnc(COC(=O)C3CC=CCC3)s2)cc1. The molecule has 0 fully saturated rings. The highest BCUT2D eigenvalue weighted by atomic mass is 32.1. The van der Waals surface area contributed by atoms with Crippen LogP contribution in [0.2, 0.25) is 0 Å². The largest absolute Gasteiger partial charge is 0.458 e. The average molecular weight is 357 g/mol. The predicted octanol–water partition coefficient (Wildman–Crippen LogP) is 3.50. The molecule has 130 valence electrons. The molecule has 0 saturated carbocycles. The lowest BCUT2D eigenvalue weighted by atomic mass is 9.95. The molecule has 1 atom stereocenters. The molecular weight excluding hydrogens is 338 g/mol. The average Bonchev–Trinajstić information content (AvgIpc) is 3.11. The molecular formula is C18H19N3O3S. The normalized spacial score (nSPS) is 16.4. The summed E-state index contributed by atoms with van der Waals surface area (Å²) in [5.41, 5.74) is 1.82. The molecule has 1 aromatic heterocycles. The van der Waals surface area contributed by atoms with Gasteiger partial charge in [0.2, 0.25) is 5.01 Å². The van der Waals surface area contributed by atoms with Gasteiger partial charge in [-0.25, -0.2) is 0 Å². The highest BCUT2D eigenvalue weighted by molar-refractivity contribution is 7.13. The van der Waals surface area contributed by atoms with Gasteiger partial charge >= 0.3 is 5.97 Å². The molecule has 0 aliphatic heterocycles. The van der Waals surface area contributed by atoms with Crippen molar-refractivity contribution in [2.75, 3.05) is 5.32 Å². The van der Waals surface area contributed by atoms with E-state index in [-0.39, 0.29) is 29.4 Å². The number of ether oxygens (including phenoxy) is 1. The van der Waals surface area contributed by atoms with Crippen molar-refractivity contribution in [3.05, 3.63) is 52.0 Å². The second-order valence-corrected chi connectivity index (χ2v) is 6.97. The van der Waals surface area contributed by atoms with Crippen LogP contribution in [0.4, 0.5) is 5.69 Å². The fourth-order valence-corrected chi connectivity index (χ4v) is 3.13. The lowest BCUT2D eigenvalue weighted by molar-refractivity contribution is -0.150. The van der Waals surface area contributed by atoms with Gasteiger partial charge in [0, 0.05) is 5.69 Å². The fourth-order valence-electron chi connectivity index (χ4n) is 2.48. The molecule has 0 radical (unpaired) electrons. The number of benzene rings is 1. The van der Waals surface area contributed by atoms with E-state index < -0.39 is 0 Å². The first-order valence-electron chi connectivity index (χ1n) is 8.14. The summed E-state index contributed by atoms with van der Waals surface area (Å²) < 4.78 is 5.30. The molecule has 1 amide bonds. The van der Waals surface area contributed by atoms with E-state index in [4.69, 9.17) is 4.74 Å². The van der Waals surface area contributed by atoms with Crippen LogP contribution in [0.1, 0.15) is 39.6 Å². The molecule has 0 spiro atoms. The van der Waals surface area contributed by atoms with Crippen LogP contribution in [-0.4, -0.2) is 22.1 Å². The third-order valence-electron chi connectivity index (χ3n) is 3.91. The number of carbonyl (C=O) groups excluding carboxylic acids is 2. The van der Waals surface area contributed by atoms with Crippen LogP contribution < -0.4 is 5.32 Å². The van der Waals surface area contributed by atoms with Crippen molar-refractivity contribution in [1.29, 1.82) is 0 Å². The minimum absolute atomic E-state index is 0.0501. The first-order chi connectivity index (χ1) is 12.1. The third-order valence-corrected chi connectivity index (χ3v) is 4.81. The second-order valence-electron chi connectivity index (χ2n) is 5.91. The molecule has 1 aliphatic carbocycles. The monoisotopic (exact) mass is 357 g/mol. The molecule has 0 bridgehead atoms. The van der Waals surface area contributed by atoms with E-state index in [1.807, 2.05) is 37.3 Å². The maximum atomic E-state index is 12.2. The Morgan fingerprint density at radius 3 is 2.76 bits per heavy atom. The van der Waals surface area contributed by atoms with E-state index in [2.05, 4.69) is 21.6 Å². The van der Waals surface area contributed by atoms with Crippen molar-refractivity contribution >= 4 is 28.9 Å². The summed E-state index contributed by atoms with van der Waals surface area (Å²) in [4.78, 5) is 24.2. The number of hydrogen-bond donors (Lipinski definition) is 1. The Hall–Kier alpha value is -2.54. The van der Waals surface area contributed by atoms with Crippen LogP contribution >= 0.6 is 11.3 Å². The van der Waals surface area contributed by atoms with Gasteiger partial charge in [0.05, 0.1) is 5.92 Å². The van der Waals surface area contributed by atoms with E-state index in [1.54, 1.807) is 0 Å². The molecule has 3 rings (SSSR count). The molecule has 1 unspecified atom stereocenters. The van der Waals surface area contributed by atoms with Crippen molar-refractivity contribution in [2.24, 2.45) is 5.92 Å². The first kappa shape index (κ1) is 17.3. The quantitative estimate of drug-likeness (QED) is 0.654. The Labute approximate surface area is 149 Å². The molecule has 7 heteroatoms. The van der Waals surface area contributed by atoms with Gasteiger partial charge < -0.3 is 10.1 Å². The smallest absolute Gasteiger partial charge is 0.309 e. The zero-order chi connectivity index (χ0) is 17.6. The number of aromatic nitrogens is 2. The number of anilines is 1. The first-order valence-corrected chi connectivity index (χ1v) is 8.95. The summed E-state index contributed by atoms with van der Waals surface area (Å²) in [6.07, 6.45) is 6.53. The van der Waals surface area contributed by atoms with Crippen molar-refractivity contribution in [3.8, 4) is 0 Å². The molecule has 1 N–H and O–H groups in total. The Morgan fingerprint density at radius 2 is 2.04 bits per heavy atom. The van der Waals surface area contributed by atoms with Gasteiger partial charge in [-0.1, -0.05) is 41.2 Å². The Balaban J connectivity index is 1.52. The third kappa shape index (κ3) is 4.73. The van der Waals surface area contributed by atoms with Gasteiger partial charge in [-0.2, -0.15) is 0 Å². The van der Waals surface area contributed by atoms with Crippen LogP contribution in [0.3, 0.4) is 0 Å². The second kappa shape index (κ2) is 8.02. The van der Waals surface area contributed by atoms with Gasteiger partial charge in [0.25, 0.3) is 5.91 Å². The van der Waals surface area contributed by atoms with Gasteiger partial charge in [-0.3, -0.25) is 9.59 Å². The Kier molecular flexibility index (Phi) is 5.55. The van der Waals surface area contributed by atoms with Crippen LogP contribution in [0.5, 0.6) is 0 Å².